The van der Waals surface area contributed by atoms with Crippen LogP contribution in [0.2, 0.25) is 0 Å². The number of nitrogens with zero attached hydrogens (tertiary/aromatic N) is 2. The van der Waals surface area contributed by atoms with Crippen molar-refractivity contribution >= 4 is 11.7 Å². The number of nitrogens with one attached hydrogen (secondary N) is 1. The third-order valence-corrected chi connectivity index (χ3v) is 6.24. The van der Waals surface area contributed by atoms with Gasteiger partial charge in [0.25, 0.3) is 0 Å². The van der Waals surface area contributed by atoms with Crippen LogP contribution in [-0.4, -0.2) is 29.0 Å². The van der Waals surface area contributed by atoms with Crippen LogP contribution in [0.4, 0.5) is 10.5 Å². The van der Waals surface area contributed by atoms with Crippen molar-refractivity contribution in [1.82, 2.24) is 9.88 Å². The fourth-order valence-corrected chi connectivity index (χ4v) is 4.66. The number of para-hydroxylation sites is 1. The minimum absolute atomic E-state index is 0.0000779. The van der Waals surface area contributed by atoms with Gasteiger partial charge in [0, 0.05) is 37.1 Å². The molecule has 3 atom stereocenters. The summed E-state index contributed by atoms with van der Waals surface area (Å²) in [6.45, 7) is 5.59. The Labute approximate surface area is 167 Å². The van der Waals surface area contributed by atoms with Crippen LogP contribution in [0.3, 0.4) is 0 Å². The molecule has 1 heterocycles. The number of aryl methyl sites for hydroxylation is 2. The standard InChI is InChI=1S/C24H29N3O/c1-17-6-5-7-18(2)23(17)26-24(28)27(13-11-22-8-3-4-12-25-22)16-21-15-19-9-10-20(21)14-19/h3-10,12,19-21H,11,13-16H2,1-2H3,(H,26,28). The number of hydrogen-bond donors (Lipinski definition) is 1. The van der Waals surface area contributed by atoms with E-state index in [1.807, 2.05) is 61.3 Å². The molecule has 0 spiro atoms. The lowest BCUT2D eigenvalue weighted by Crippen LogP contribution is -2.41. The topological polar surface area (TPSA) is 45.2 Å². The maximum Gasteiger partial charge on any atom is 0.321 e. The van der Waals surface area contributed by atoms with Crippen LogP contribution in [0.15, 0.2) is 54.7 Å². The van der Waals surface area contributed by atoms with E-state index in [0.717, 1.165) is 35.5 Å². The lowest BCUT2D eigenvalue weighted by atomic mass is 9.93. The Hall–Kier alpha value is -2.62. The lowest BCUT2D eigenvalue weighted by Gasteiger charge is -2.29. The number of carbonyl (C=O) groups is 1. The number of rotatable bonds is 6. The SMILES string of the molecule is Cc1cccc(C)c1NC(=O)N(CCc1ccccn1)CC1CC2C=CC1C2. The van der Waals surface area contributed by atoms with Gasteiger partial charge < -0.3 is 10.2 Å². The van der Waals surface area contributed by atoms with Gasteiger partial charge in [0.1, 0.15) is 0 Å². The number of pyridine rings is 1. The first-order chi connectivity index (χ1) is 13.6. The Bertz CT molecular complexity index is 841. The molecule has 2 bridgehead atoms. The van der Waals surface area contributed by atoms with Gasteiger partial charge in [0.2, 0.25) is 0 Å². The summed E-state index contributed by atoms with van der Waals surface area (Å²) >= 11 is 0. The number of amides is 2. The van der Waals surface area contributed by atoms with Crippen molar-refractivity contribution in [3.63, 3.8) is 0 Å². The van der Waals surface area contributed by atoms with Gasteiger partial charge in [0.15, 0.2) is 0 Å². The molecule has 3 unspecified atom stereocenters. The van der Waals surface area contributed by atoms with Crippen molar-refractivity contribution in [3.05, 3.63) is 71.6 Å². The summed E-state index contributed by atoms with van der Waals surface area (Å²) in [6, 6.07) is 12.1. The van der Waals surface area contributed by atoms with Gasteiger partial charge in [-0.05, 0) is 67.7 Å². The van der Waals surface area contributed by atoms with E-state index in [0.29, 0.717) is 24.3 Å². The highest BCUT2D eigenvalue weighted by Crippen LogP contribution is 2.43. The number of urea groups is 1. The van der Waals surface area contributed by atoms with Crippen LogP contribution in [0, 0.1) is 31.6 Å². The second-order valence-electron chi connectivity index (χ2n) is 8.25. The number of allylic oxidation sites excluding steroid dienone is 2. The molecule has 0 saturated heterocycles. The van der Waals surface area contributed by atoms with E-state index < -0.39 is 0 Å². The number of benzene rings is 1. The number of aromatic nitrogens is 1. The molecule has 0 radical (unpaired) electrons. The summed E-state index contributed by atoms with van der Waals surface area (Å²) in [5.41, 5.74) is 4.16. The van der Waals surface area contributed by atoms with Crippen LogP contribution in [-0.2, 0) is 6.42 Å². The average Bonchev–Trinajstić information content (AvgIpc) is 3.32. The van der Waals surface area contributed by atoms with E-state index in [1.165, 1.54) is 12.8 Å². The predicted octanol–water partition coefficient (Wildman–Crippen LogP) is 4.99. The first-order valence-corrected chi connectivity index (χ1v) is 10.3. The number of carbonyl (C=O) groups excluding carboxylic acids is 1. The molecular formula is C24H29N3O. The van der Waals surface area contributed by atoms with Crippen LogP contribution in [0.1, 0.15) is 29.7 Å². The predicted molar refractivity (Wildman–Crippen MR) is 113 cm³/mol. The van der Waals surface area contributed by atoms with E-state index in [9.17, 15) is 4.79 Å². The van der Waals surface area contributed by atoms with Crippen molar-refractivity contribution < 1.29 is 4.79 Å². The zero-order valence-electron chi connectivity index (χ0n) is 16.8. The minimum Gasteiger partial charge on any atom is -0.324 e. The number of hydrogen-bond acceptors (Lipinski definition) is 2. The van der Waals surface area contributed by atoms with E-state index in [4.69, 9.17) is 0 Å². The highest BCUT2D eigenvalue weighted by molar-refractivity contribution is 5.91. The summed E-state index contributed by atoms with van der Waals surface area (Å²) in [6.07, 6.45) is 9.78. The molecule has 2 aliphatic carbocycles. The Morgan fingerprint density at radius 2 is 1.93 bits per heavy atom. The van der Waals surface area contributed by atoms with Crippen molar-refractivity contribution in [1.29, 1.82) is 0 Å². The van der Waals surface area contributed by atoms with Gasteiger partial charge >= 0.3 is 6.03 Å². The van der Waals surface area contributed by atoms with E-state index in [-0.39, 0.29) is 6.03 Å². The second-order valence-corrected chi connectivity index (χ2v) is 8.25. The molecule has 146 valence electrons. The normalized spacial score (nSPS) is 22.4. The fourth-order valence-electron chi connectivity index (χ4n) is 4.66. The highest BCUT2D eigenvalue weighted by Gasteiger charge is 2.37. The average molecular weight is 376 g/mol. The number of fused-ring (bicyclic) bond motifs is 2. The molecule has 1 saturated carbocycles. The van der Waals surface area contributed by atoms with E-state index in [2.05, 4.69) is 22.5 Å². The molecule has 4 heteroatoms. The van der Waals surface area contributed by atoms with E-state index in [1.54, 1.807) is 0 Å². The zero-order chi connectivity index (χ0) is 19.5. The summed E-state index contributed by atoms with van der Waals surface area (Å²) in [5, 5.41) is 3.18. The largest absolute Gasteiger partial charge is 0.324 e. The highest BCUT2D eigenvalue weighted by atomic mass is 16.2. The molecule has 0 aliphatic heterocycles. The minimum atomic E-state index is 0.0000779. The quantitative estimate of drug-likeness (QED) is 0.723. The fraction of sp³-hybridized carbons (Fsp3) is 0.417. The second kappa shape index (κ2) is 8.17. The van der Waals surface area contributed by atoms with Gasteiger partial charge in [-0.25, -0.2) is 4.79 Å². The van der Waals surface area contributed by atoms with Gasteiger partial charge in [-0.15, -0.1) is 0 Å². The molecular weight excluding hydrogens is 346 g/mol. The first-order valence-electron chi connectivity index (χ1n) is 10.3. The maximum atomic E-state index is 13.2. The molecule has 2 amide bonds. The third-order valence-electron chi connectivity index (χ3n) is 6.24. The summed E-state index contributed by atoms with van der Waals surface area (Å²) in [5.74, 6) is 1.92. The molecule has 1 aromatic heterocycles. The first kappa shape index (κ1) is 18.7. The summed E-state index contributed by atoms with van der Waals surface area (Å²) in [7, 11) is 0. The molecule has 28 heavy (non-hydrogen) atoms. The Morgan fingerprint density at radius 1 is 1.11 bits per heavy atom. The smallest absolute Gasteiger partial charge is 0.321 e. The van der Waals surface area contributed by atoms with E-state index >= 15 is 0 Å². The van der Waals surface area contributed by atoms with Crippen molar-refractivity contribution in [3.8, 4) is 0 Å². The van der Waals surface area contributed by atoms with Crippen molar-refractivity contribution in [2.45, 2.75) is 33.1 Å². The lowest BCUT2D eigenvalue weighted by molar-refractivity contribution is 0.196. The molecule has 4 nitrogen and oxygen atoms in total. The molecule has 2 aliphatic rings. The zero-order valence-corrected chi connectivity index (χ0v) is 16.8. The van der Waals surface area contributed by atoms with Crippen LogP contribution < -0.4 is 5.32 Å². The Balaban J connectivity index is 1.48. The van der Waals surface area contributed by atoms with Crippen LogP contribution in [0.5, 0.6) is 0 Å². The Kier molecular flexibility index (Phi) is 5.47. The summed E-state index contributed by atoms with van der Waals surface area (Å²) in [4.78, 5) is 19.6. The molecule has 2 aromatic rings. The van der Waals surface area contributed by atoms with Gasteiger partial charge in [-0.2, -0.15) is 0 Å². The maximum absolute atomic E-state index is 13.2. The summed E-state index contributed by atoms with van der Waals surface area (Å²) < 4.78 is 0. The molecule has 1 N–H and O–H groups in total. The molecule has 1 fully saturated rings. The van der Waals surface area contributed by atoms with Crippen molar-refractivity contribution in [2.75, 3.05) is 18.4 Å². The van der Waals surface area contributed by atoms with Gasteiger partial charge in [-0.1, -0.05) is 36.4 Å². The van der Waals surface area contributed by atoms with Gasteiger partial charge in [0.05, 0.1) is 0 Å². The monoisotopic (exact) mass is 375 g/mol. The molecule has 1 aromatic carbocycles. The Morgan fingerprint density at radius 3 is 2.57 bits per heavy atom. The van der Waals surface area contributed by atoms with Crippen LogP contribution >= 0.6 is 0 Å². The third kappa shape index (κ3) is 4.11. The van der Waals surface area contributed by atoms with Gasteiger partial charge in [-0.3, -0.25) is 4.98 Å². The van der Waals surface area contributed by atoms with Crippen molar-refractivity contribution in [2.24, 2.45) is 17.8 Å². The number of anilines is 1. The molecule has 4 rings (SSSR count). The van der Waals surface area contributed by atoms with Crippen LogP contribution in [0.25, 0.3) is 0 Å².